The molecule has 0 amide bonds. The van der Waals surface area contributed by atoms with Gasteiger partial charge in [-0.1, -0.05) is 30.3 Å². The minimum absolute atomic E-state index is 0.326. The van der Waals surface area contributed by atoms with Gasteiger partial charge in [-0.15, -0.1) is 0 Å². The lowest BCUT2D eigenvalue weighted by atomic mass is 9.96. The van der Waals surface area contributed by atoms with Gasteiger partial charge in [-0.2, -0.15) is 0 Å². The lowest BCUT2D eigenvalue weighted by Crippen LogP contribution is -2.47. The second-order valence-electron chi connectivity index (χ2n) is 7.06. The van der Waals surface area contributed by atoms with Gasteiger partial charge in [0.25, 0.3) is 0 Å². The first kappa shape index (κ1) is 17.8. The highest BCUT2D eigenvalue weighted by molar-refractivity contribution is 5.80. The molecule has 2 N–H and O–H groups in total. The van der Waals surface area contributed by atoms with Gasteiger partial charge < -0.3 is 20.1 Å². The summed E-state index contributed by atoms with van der Waals surface area (Å²) in [6, 6.07) is 14.4. The Labute approximate surface area is 160 Å². The van der Waals surface area contributed by atoms with E-state index in [9.17, 15) is 0 Å². The number of nitrogens with zero attached hydrogens (tertiary/aromatic N) is 2. The van der Waals surface area contributed by atoms with Gasteiger partial charge in [0.15, 0.2) is 5.96 Å². The van der Waals surface area contributed by atoms with Gasteiger partial charge in [-0.25, -0.2) is 4.98 Å². The number of pyridine rings is 1. The zero-order valence-electron chi connectivity index (χ0n) is 15.6. The van der Waals surface area contributed by atoms with Crippen LogP contribution in [0.15, 0.2) is 53.7 Å². The van der Waals surface area contributed by atoms with Crippen LogP contribution in [-0.2, 0) is 17.9 Å². The van der Waals surface area contributed by atoms with Crippen LogP contribution in [-0.4, -0.2) is 36.2 Å². The van der Waals surface area contributed by atoms with E-state index < -0.39 is 0 Å². The Hall–Kier alpha value is -2.60. The molecule has 0 saturated carbocycles. The lowest BCUT2D eigenvalue weighted by Gasteiger charge is -2.22. The second kappa shape index (κ2) is 8.39. The van der Waals surface area contributed by atoms with Crippen LogP contribution < -0.4 is 15.4 Å². The van der Waals surface area contributed by atoms with Crippen molar-refractivity contribution in [1.29, 1.82) is 0 Å². The molecule has 0 spiro atoms. The molecule has 1 aromatic heterocycles. The van der Waals surface area contributed by atoms with Crippen molar-refractivity contribution in [2.75, 3.05) is 7.05 Å². The molecule has 0 aliphatic carbocycles. The Balaban J connectivity index is 1.28. The van der Waals surface area contributed by atoms with Crippen molar-refractivity contribution in [3.8, 4) is 5.88 Å². The molecular weight excluding hydrogens is 340 g/mol. The summed E-state index contributed by atoms with van der Waals surface area (Å²) in [5.41, 5.74) is 2.22. The van der Waals surface area contributed by atoms with Crippen LogP contribution in [0.5, 0.6) is 5.88 Å². The van der Waals surface area contributed by atoms with Crippen molar-refractivity contribution < 1.29 is 9.47 Å². The minimum Gasteiger partial charge on any atom is -0.473 e. The number of guanidine groups is 1. The van der Waals surface area contributed by atoms with Crippen molar-refractivity contribution in [2.45, 2.75) is 50.7 Å². The topological polar surface area (TPSA) is 67.8 Å². The van der Waals surface area contributed by atoms with Gasteiger partial charge in [0.1, 0.15) is 6.61 Å². The molecule has 6 nitrogen and oxygen atoms in total. The van der Waals surface area contributed by atoms with Crippen LogP contribution in [0, 0.1) is 0 Å². The molecule has 4 rings (SSSR count). The van der Waals surface area contributed by atoms with Gasteiger partial charge in [0.2, 0.25) is 5.88 Å². The van der Waals surface area contributed by atoms with Gasteiger partial charge in [0.05, 0.1) is 18.2 Å². The number of rotatable bonds is 6. The normalized spacial score (nSPS) is 24.0. The Morgan fingerprint density at radius 1 is 1.22 bits per heavy atom. The molecular formula is C21H26N4O2. The van der Waals surface area contributed by atoms with Crippen molar-refractivity contribution in [3.05, 3.63) is 59.8 Å². The SMILES string of the molecule is CN=C(NCc1ccnc(OCc2ccccc2)c1)NC1CC2CCC1O2. The number of aromatic nitrogens is 1. The van der Waals surface area contributed by atoms with E-state index in [-0.39, 0.29) is 0 Å². The lowest BCUT2D eigenvalue weighted by molar-refractivity contribution is 0.0992. The summed E-state index contributed by atoms with van der Waals surface area (Å²) >= 11 is 0. The van der Waals surface area contributed by atoms with E-state index in [1.54, 1.807) is 13.2 Å². The van der Waals surface area contributed by atoms with E-state index in [1.165, 1.54) is 6.42 Å². The predicted octanol–water partition coefficient (Wildman–Crippen LogP) is 2.65. The van der Waals surface area contributed by atoms with E-state index in [1.807, 2.05) is 42.5 Å². The fourth-order valence-electron chi connectivity index (χ4n) is 3.72. The molecule has 1 aromatic carbocycles. The van der Waals surface area contributed by atoms with E-state index in [4.69, 9.17) is 9.47 Å². The number of fused-ring (bicyclic) bond motifs is 2. The van der Waals surface area contributed by atoms with E-state index in [0.717, 1.165) is 29.9 Å². The van der Waals surface area contributed by atoms with Crippen LogP contribution in [0.25, 0.3) is 0 Å². The zero-order chi connectivity index (χ0) is 18.5. The summed E-state index contributed by atoms with van der Waals surface area (Å²) in [5.74, 6) is 1.43. The highest BCUT2D eigenvalue weighted by Gasteiger charge is 2.41. The van der Waals surface area contributed by atoms with Gasteiger partial charge in [-0.05, 0) is 36.5 Å². The summed E-state index contributed by atoms with van der Waals surface area (Å²) in [4.78, 5) is 8.64. The molecule has 2 aliphatic heterocycles. The van der Waals surface area contributed by atoms with Gasteiger partial charge in [-0.3, -0.25) is 4.99 Å². The van der Waals surface area contributed by atoms with Crippen LogP contribution in [0.4, 0.5) is 0 Å². The Morgan fingerprint density at radius 3 is 2.85 bits per heavy atom. The van der Waals surface area contributed by atoms with Crippen molar-refractivity contribution in [1.82, 2.24) is 15.6 Å². The monoisotopic (exact) mass is 366 g/mol. The Kier molecular flexibility index (Phi) is 5.53. The highest BCUT2D eigenvalue weighted by Crippen LogP contribution is 2.34. The summed E-state index contributed by atoms with van der Waals surface area (Å²) < 4.78 is 11.7. The molecule has 6 heteroatoms. The molecule has 2 fully saturated rings. The molecule has 3 unspecified atom stereocenters. The third-order valence-corrected chi connectivity index (χ3v) is 5.14. The number of benzene rings is 1. The average molecular weight is 366 g/mol. The van der Waals surface area contributed by atoms with Crippen LogP contribution in [0.2, 0.25) is 0 Å². The Bertz CT molecular complexity index is 781. The molecule has 3 atom stereocenters. The molecule has 142 valence electrons. The van der Waals surface area contributed by atoms with Crippen molar-refractivity contribution >= 4 is 5.96 Å². The standard InChI is InChI=1S/C21H26N4O2/c1-22-21(25-18-12-17-7-8-19(18)27-17)24-13-16-9-10-23-20(11-16)26-14-15-5-3-2-4-6-15/h2-6,9-11,17-19H,7-8,12-14H2,1H3,(H2,22,24,25). The molecule has 27 heavy (non-hydrogen) atoms. The van der Waals surface area contributed by atoms with Gasteiger partial charge in [0, 0.05) is 25.9 Å². The molecule has 2 aromatic rings. The van der Waals surface area contributed by atoms with Crippen LogP contribution in [0.1, 0.15) is 30.4 Å². The summed E-state index contributed by atoms with van der Waals surface area (Å²) in [5, 5.41) is 6.87. The quantitative estimate of drug-likeness (QED) is 0.608. The van der Waals surface area contributed by atoms with E-state index in [0.29, 0.717) is 37.3 Å². The first-order valence-corrected chi connectivity index (χ1v) is 9.54. The predicted molar refractivity (Wildman–Crippen MR) is 105 cm³/mol. The summed E-state index contributed by atoms with van der Waals surface area (Å²) in [6.45, 7) is 1.17. The fourth-order valence-corrected chi connectivity index (χ4v) is 3.72. The van der Waals surface area contributed by atoms with E-state index >= 15 is 0 Å². The number of nitrogens with one attached hydrogen (secondary N) is 2. The molecule has 2 bridgehead atoms. The van der Waals surface area contributed by atoms with Crippen molar-refractivity contribution in [3.63, 3.8) is 0 Å². The fraction of sp³-hybridized carbons (Fsp3) is 0.429. The maximum atomic E-state index is 5.90. The van der Waals surface area contributed by atoms with Crippen LogP contribution in [0.3, 0.4) is 0 Å². The molecule has 0 radical (unpaired) electrons. The third-order valence-electron chi connectivity index (χ3n) is 5.14. The smallest absolute Gasteiger partial charge is 0.213 e. The second-order valence-corrected chi connectivity index (χ2v) is 7.06. The van der Waals surface area contributed by atoms with Gasteiger partial charge >= 0.3 is 0 Å². The average Bonchev–Trinajstić information content (AvgIpc) is 3.34. The largest absolute Gasteiger partial charge is 0.473 e. The number of hydrogen-bond acceptors (Lipinski definition) is 4. The maximum absolute atomic E-state index is 5.90. The van der Waals surface area contributed by atoms with Crippen LogP contribution >= 0.6 is 0 Å². The number of hydrogen-bond donors (Lipinski definition) is 2. The molecule has 2 saturated heterocycles. The van der Waals surface area contributed by atoms with Crippen molar-refractivity contribution in [2.24, 2.45) is 4.99 Å². The zero-order valence-corrected chi connectivity index (χ0v) is 15.6. The first-order chi connectivity index (χ1) is 13.3. The molecule has 3 heterocycles. The first-order valence-electron chi connectivity index (χ1n) is 9.54. The summed E-state index contributed by atoms with van der Waals surface area (Å²) in [6.07, 6.45) is 5.93. The number of ether oxygens (including phenoxy) is 2. The minimum atomic E-state index is 0.326. The van der Waals surface area contributed by atoms with E-state index in [2.05, 4.69) is 20.6 Å². The highest BCUT2D eigenvalue weighted by atomic mass is 16.5. The molecule has 2 aliphatic rings. The Morgan fingerprint density at radius 2 is 2.11 bits per heavy atom. The number of aliphatic imine (C=N–C) groups is 1. The summed E-state index contributed by atoms with van der Waals surface area (Å²) in [7, 11) is 1.80. The third kappa shape index (κ3) is 4.57. The maximum Gasteiger partial charge on any atom is 0.213 e.